The Morgan fingerprint density at radius 2 is 1.90 bits per heavy atom. The molecule has 4 aromatic rings. The minimum atomic E-state index is -0.642. The summed E-state index contributed by atoms with van der Waals surface area (Å²) in [7, 11) is 0. The first-order valence-corrected chi connectivity index (χ1v) is 9.73. The number of benzene rings is 2. The zero-order valence-corrected chi connectivity index (χ0v) is 16.6. The summed E-state index contributed by atoms with van der Waals surface area (Å²) in [5.41, 5.74) is 2.78. The number of ether oxygens (including phenoxy) is 1. The van der Waals surface area contributed by atoms with Crippen LogP contribution in [-0.4, -0.2) is 15.1 Å². The van der Waals surface area contributed by atoms with Gasteiger partial charge in [-0.1, -0.05) is 30.3 Å². The van der Waals surface area contributed by atoms with Gasteiger partial charge in [-0.05, 0) is 49.6 Å². The molecular formula is C23H22N2O5. The normalized spacial score (nSPS) is 11.0. The van der Waals surface area contributed by atoms with Crippen LogP contribution in [0, 0.1) is 6.92 Å². The maximum Gasteiger partial charge on any atom is 0.419 e. The van der Waals surface area contributed by atoms with E-state index < -0.39 is 5.76 Å². The van der Waals surface area contributed by atoms with Gasteiger partial charge in [0.1, 0.15) is 23.8 Å². The number of aromatic hydroxyl groups is 1. The Bertz CT molecular complexity index is 1170. The molecule has 154 valence electrons. The Morgan fingerprint density at radius 1 is 1.07 bits per heavy atom. The van der Waals surface area contributed by atoms with Crippen molar-refractivity contribution in [3.63, 3.8) is 0 Å². The quantitative estimate of drug-likeness (QED) is 0.450. The van der Waals surface area contributed by atoms with Crippen LogP contribution in [0.25, 0.3) is 11.5 Å². The number of aryl methyl sites for hydroxylation is 3. The van der Waals surface area contributed by atoms with Crippen LogP contribution in [0.1, 0.15) is 29.2 Å². The highest BCUT2D eigenvalue weighted by Gasteiger charge is 2.12. The van der Waals surface area contributed by atoms with Crippen LogP contribution in [0.3, 0.4) is 0 Å². The minimum Gasteiger partial charge on any atom is -0.492 e. The Morgan fingerprint density at radius 3 is 2.67 bits per heavy atom. The highest BCUT2D eigenvalue weighted by Crippen LogP contribution is 2.23. The lowest BCUT2D eigenvalue weighted by Crippen LogP contribution is -1.98. The molecule has 0 aliphatic heterocycles. The van der Waals surface area contributed by atoms with E-state index in [1.54, 1.807) is 0 Å². The molecule has 30 heavy (non-hydrogen) atoms. The predicted octanol–water partition coefficient (Wildman–Crippen LogP) is 4.39. The van der Waals surface area contributed by atoms with Crippen molar-refractivity contribution in [2.45, 2.75) is 32.8 Å². The van der Waals surface area contributed by atoms with Crippen molar-refractivity contribution in [3.8, 4) is 23.1 Å². The van der Waals surface area contributed by atoms with E-state index in [4.69, 9.17) is 13.6 Å². The molecule has 0 bridgehead atoms. The van der Waals surface area contributed by atoms with Gasteiger partial charge in [0.25, 0.3) is 0 Å². The molecule has 7 heteroatoms. The van der Waals surface area contributed by atoms with Gasteiger partial charge in [-0.25, -0.2) is 9.78 Å². The van der Waals surface area contributed by atoms with Crippen molar-refractivity contribution >= 4 is 0 Å². The Kier molecular flexibility index (Phi) is 5.70. The van der Waals surface area contributed by atoms with Crippen molar-refractivity contribution in [1.29, 1.82) is 0 Å². The lowest BCUT2D eigenvalue weighted by atomic mass is 10.1. The number of aromatic amines is 1. The van der Waals surface area contributed by atoms with Crippen LogP contribution in [-0.2, 0) is 19.4 Å². The van der Waals surface area contributed by atoms with Gasteiger partial charge < -0.3 is 18.7 Å². The molecule has 0 aliphatic rings. The fourth-order valence-corrected chi connectivity index (χ4v) is 3.18. The van der Waals surface area contributed by atoms with E-state index in [9.17, 15) is 9.90 Å². The van der Waals surface area contributed by atoms with E-state index in [2.05, 4.69) is 9.97 Å². The van der Waals surface area contributed by atoms with Crippen molar-refractivity contribution in [2.75, 3.05) is 0 Å². The summed E-state index contributed by atoms with van der Waals surface area (Å²) in [5.74, 6) is 1.50. The predicted molar refractivity (Wildman–Crippen MR) is 110 cm³/mol. The Balaban J connectivity index is 1.35. The SMILES string of the molecule is Cc1oc(-c2ccccc2)nc1COc1cccc(CCCc2oc(=O)[nH]c2O)c1. The number of nitrogens with zero attached hydrogens (tertiary/aromatic N) is 1. The van der Waals surface area contributed by atoms with Gasteiger partial charge in [0.2, 0.25) is 11.8 Å². The van der Waals surface area contributed by atoms with Crippen LogP contribution >= 0.6 is 0 Å². The molecular weight excluding hydrogens is 384 g/mol. The van der Waals surface area contributed by atoms with Gasteiger partial charge in [0.15, 0.2) is 5.76 Å². The zero-order chi connectivity index (χ0) is 20.9. The molecule has 0 saturated heterocycles. The van der Waals surface area contributed by atoms with Crippen LogP contribution < -0.4 is 10.5 Å². The standard InChI is InChI=1S/C23H22N2O5/c1-15-19(24-22(29-15)17-9-3-2-4-10-17)14-28-18-11-5-7-16(13-18)8-6-12-20-21(26)25-23(27)30-20/h2-5,7,9-11,13,26H,6,8,12,14H2,1H3,(H,25,27). The second-order valence-electron chi connectivity index (χ2n) is 6.96. The van der Waals surface area contributed by atoms with Crippen molar-refractivity contribution < 1.29 is 18.7 Å². The molecule has 2 heterocycles. The van der Waals surface area contributed by atoms with E-state index in [1.165, 1.54) is 0 Å². The minimum absolute atomic E-state index is 0.199. The molecule has 2 aromatic carbocycles. The van der Waals surface area contributed by atoms with Crippen molar-refractivity contribution in [3.05, 3.63) is 87.9 Å². The smallest absolute Gasteiger partial charge is 0.419 e. The second-order valence-corrected chi connectivity index (χ2v) is 6.96. The summed E-state index contributed by atoms with van der Waals surface area (Å²) in [6, 6.07) is 17.6. The third kappa shape index (κ3) is 4.63. The van der Waals surface area contributed by atoms with Gasteiger partial charge in [0.05, 0.1) is 0 Å². The molecule has 2 N–H and O–H groups in total. The molecule has 0 fully saturated rings. The maximum atomic E-state index is 11.1. The number of nitrogens with one attached hydrogen (secondary N) is 1. The van der Waals surface area contributed by atoms with Gasteiger partial charge in [-0.3, -0.25) is 4.98 Å². The average Bonchev–Trinajstić information content (AvgIpc) is 3.28. The van der Waals surface area contributed by atoms with E-state index in [-0.39, 0.29) is 11.6 Å². The highest BCUT2D eigenvalue weighted by atomic mass is 16.5. The first-order chi connectivity index (χ1) is 14.6. The molecule has 0 radical (unpaired) electrons. The summed E-state index contributed by atoms with van der Waals surface area (Å²) in [6.45, 7) is 2.19. The third-order valence-corrected chi connectivity index (χ3v) is 4.76. The number of H-pyrrole nitrogens is 1. The van der Waals surface area contributed by atoms with Crippen LogP contribution in [0.2, 0.25) is 0 Å². The monoisotopic (exact) mass is 406 g/mol. The molecule has 0 atom stereocenters. The first kappa shape index (κ1) is 19.6. The average molecular weight is 406 g/mol. The summed E-state index contributed by atoms with van der Waals surface area (Å²) >= 11 is 0. The number of hydrogen-bond donors (Lipinski definition) is 2. The summed E-state index contributed by atoms with van der Waals surface area (Å²) in [6.07, 6.45) is 1.95. The summed E-state index contributed by atoms with van der Waals surface area (Å²) in [4.78, 5) is 17.8. The topological polar surface area (TPSA) is 101 Å². The van der Waals surface area contributed by atoms with Crippen molar-refractivity contribution in [1.82, 2.24) is 9.97 Å². The van der Waals surface area contributed by atoms with Crippen LogP contribution in [0.4, 0.5) is 0 Å². The lowest BCUT2D eigenvalue weighted by molar-refractivity contribution is 0.299. The summed E-state index contributed by atoms with van der Waals surface area (Å²) < 4.78 is 16.6. The molecule has 0 unspecified atom stereocenters. The highest BCUT2D eigenvalue weighted by molar-refractivity contribution is 5.53. The molecule has 0 spiro atoms. The lowest BCUT2D eigenvalue weighted by Gasteiger charge is -2.07. The number of hydrogen-bond acceptors (Lipinski definition) is 6. The second kappa shape index (κ2) is 8.73. The number of aromatic nitrogens is 2. The number of rotatable bonds is 8. The van der Waals surface area contributed by atoms with E-state index in [1.807, 2.05) is 61.5 Å². The molecule has 0 saturated carbocycles. The van der Waals surface area contributed by atoms with Gasteiger partial charge >= 0.3 is 5.76 Å². The van der Waals surface area contributed by atoms with Crippen LogP contribution in [0.5, 0.6) is 11.6 Å². The fourth-order valence-electron chi connectivity index (χ4n) is 3.18. The van der Waals surface area contributed by atoms with E-state index in [0.717, 1.165) is 41.2 Å². The molecule has 4 rings (SSSR count). The zero-order valence-electron chi connectivity index (χ0n) is 16.6. The molecule has 2 aromatic heterocycles. The van der Waals surface area contributed by atoms with Crippen molar-refractivity contribution in [2.24, 2.45) is 0 Å². The molecule has 0 aliphatic carbocycles. The van der Waals surface area contributed by atoms with Gasteiger partial charge in [-0.15, -0.1) is 0 Å². The third-order valence-electron chi connectivity index (χ3n) is 4.76. The molecule has 0 amide bonds. The first-order valence-electron chi connectivity index (χ1n) is 9.73. The number of oxazole rings is 2. The molecule has 7 nitrogen and oxygen atoms in total. The maximum absolute atomic E-state index is 11.1. The Labute approximate surface area is 173 Å². The summed E-state index contributed by atoms with van der Waals surface area (Å²) in [5, 5.41) is 9.56. The van der Waals surface area contributed by atoms with Crippen LogP contribution in [0.15, 0.2) is 68.2 Å². The van der Waals surface area contributed by atoms with E-state index >= 15 is 0 Å². The van der Waals surface area contributed by atoms with E-state index in [0.29, 0.717) is 18.9 Å². The fraction of sp³-hybridized carbons (Fsp3) is 0.217. The van der Waals surface area contributed by atoms with Gasteiger partial charge in [0, 0.05) is 12.0 Å². The van der Waals surface area contributed by atoms with Gasteiger partial charge in [-0.2, -0.15) is 0 Å². The Hall–Kier alpha value is -3.74. The largest absolute Gasteiger partial charge is 0.492 e.